The summed E-state index contributed by atoms with van der Waals surface area (Å²) < 4.78 is 5.53. The third-order valence-electron chi connectivity index (χ3n) is 4.74. The highest BCUT2D eigenvalue weighted by Crippen LogP contribution is 2.36. The summed E-state index contributed by atoms with van der Waals surface area (Å²) >= 11 is 0. The van der Waals surface area contributed by atoms with E-state index >= 15 is 0 Å². The van der Waals surface area contributed by atoms with Crippen molar-refractivity contribution in [1.29, 1.82) is 0 Å². The van der Waals surface area contributed by atoms with Gasteiger partial charge in [0.2, 0.25) is 6.41 Å². The first-order valence-corrected chi connectivity index (χ1v) is 9.51. The van der Waals surface area contributed by atoms with Crippen molar-refractivity contribution in [3.8, 4) is 0 Å². The first kappa shape index (κ1) is 23.5. The maximum Gasteiger partial charge on any atom is 0.334 e. The number of rotatable bonds is 12. The fourth-order valence-corrected chi connectivity index (χ4v) is 3.39. The van der Waals surface area contributed by atoms with Gasteiger partial charge >= 0.3 is 5.97 Å². The van der Waals surface area contributed by atoms with E-state index in [0.29, 0.717) is 30.5 Å². The number of nitro groups is 1. The zero-order chi connectivity index (χ0) is 22.8. The van der Waals surface area contributed by atoms with E-state index in [0.717, 1.165) is 0 Å². The molecule has 2 unspecified atom stereocenters. The molecule has 12 nitrogen and oxygen atoms in total. The number of aliphatic carboxylic acids is 1. The highest BCUT2D eigenvalue weighted by Gasteiger charge is 2.38. The first-order valence-electron chi connectivity index (χ1n) is 9.51. The van der Waals surface area contributed by atoms with E-state index in [2.05, 4.69) is 20.3 Å². The lowest BCUT2D eigenvalue weighted by molar-refractivity contribution is -0.384. The molecule has 1 heterocycles. The second kappa shape index (κ2) is 11.4. The molecule has 0 aromatic heterocycles. The predicted molar refractivity (Wildman–Crippen MR) is 111 cm³/mol. The highest BCUT2D eigenvalue weighted by molar-refractivity contribution is 6.00. The number of azide groups is 1. The van der Waals surface area contributed by atoms with Gasteiger partial charge in [0.25, 0.3) is 5.69 Å². The van der Waals surface area contributed by atoms with Crippen LogP contribution in [-0.4, -0.2) is 53.9 Å². The van der Waals surface area contributed by atoms with E-state index in [1.54, 1.807) is 0 Å². The summed E-state index contributed by atoms with van der Waals surface area (Å²) in [4.78, 5) is 40.9. The van der Waals surface area contributed by atoms with E-state index in [4.69, 9.17) is 10.3 Å². The van der Waals surface area contributed by atoms with Crippen molar-refractivity contribution in [3.05, 3.63) is 61.7 Å². The second-order valence-corrected chi connectivity index (χ2v) is 6.57. The van der Waals surface area contributed by atoms with Gasteiger partial charge in [0.15, 0.2) is 0 Å². The standard InChI is InChI=1S/C19H22N6O6/c1-2-14-18(21-11-26)16(12-4-6-13(7-5-12)25(29)30)17(19(27)28)15(23-14)10-31-9-3-8-22-24-20/h4-7,11,16,18H,2-3,8-10H2,1H3,(H,21,26)(H,27,28). The molecule has 1 aliphatic heterocycles. The minimum atomic E-state index is -1.23. The Balaban J connectivity index is 2.44. The average molecular weight is 430 g/mol. The van der Waals surface area contributed by atoms with Crippen LogP contribution in [0.2, 0.25) is 0 Å². The number of ether oxygens (including phenoxy) is 1. The van der Waals surface area contributed by atoms with Crippen LogP contribution in [0.3, 0.4) is 0 Å². The first-order chi connectivity index (χ1) is 14.9. The van der Waals surface area contributed by atoms with Crippen LogP contribution in [0.1, 0.15) is 31.2 Å². The molecule has 0 bridgehead atoms. The number of benzene rings is 1. The molecule has 0 aliphatic carbocycles. The van der Waals surface area contributed by atoms with Crippen molar-refractivity contribution in [2.45, 2.75) is 31.7 Å². The SMILES string of the molecule is CCC1=NC(COCCCN=[N+]=[N-])=C(C(=O)O)C(c2ccc([N+](=O)[O-])cc2)C1NC=O. The Morgan fingerprint density at radius 1 is 1.45 bits per heavy atom. The molecule has 164 valence electrons. The average Bonchev–Trinajstić information content (AvgIpc) is 2.76. The number of carboxylic acids is 1. The molecule has 1 amide bonds. The lowest BCUT2D eigenvalue weighted by atomic mass is 9.79. The van der Waals surface area contributed by atoms with Gasteiger partial charge in [-0.25, -0.2) is 4.79 Å². The quantitative estimate of drug-likeness (QED) is 0.0978. The van der Waals surface area contributed by atoms with Gasteiger partial charge in [-0.15, -0.1) is 0 Å². The molecule has 31 heavy (non-hydrogen) atoms. The summed E-state index contributed by atoms with van der Waals surface area (Å²) in [5, 5.41) is 27.0. The van der Waals surface area contributed by atoms with Crippen molar-refractivity contribution >= 4 is 23.8 Å². The number of hydrogen-bond acceptors (Lipinski definition) is 7. The molecule has 12 heteroatoms. The third kappa shape index (κ3) is 5.87. The third-order valence-corrected chi connectivity index (χ3v) is 4.74. The Morgan fingerprint density at radius 2 is 2.16 bits per heavy atom. The number of hydrogen-bond donors (Lipinski definition) is 2. The van der Waals surface area contributed by atoms with Crippen LogP contribution in [0.4, 0.5) is 5.69 Å². The molecular formula is C19H22N6O6. The normalized spacial score (nSPS) is 18.0. The predicted octanol–water partition coefficient (Wildman–Crippen LogP) is 2.71. The van der Waals surface area contributed by atoms with E-state index in [-0.39, 0.29) is 36.7 Å². The minimum Gasteiger partial charge on any atom is -0.478 e. The molecule has 2 atom stereocenters. The largest absolute Gasteiger partial charge is 0.478 e. The number of nitro benzene ring substituents is 1. The zero-order valence-electron chi connectivity index (χ0n) is 16.8. The Labute approximate surface area is 177 Å². The Morgan fingerprint density at radius 3 is 2.71 bits per heavy atom. The maximum absolute atomic E-state index is 12.2. The van der Waals surface area contributed by atoms with Crippen molar-refractivity contribution in [3.63, 3.8) is 0 Å². The fraction of sp³-hybridized carbons (Fsp3) is 0.421. The molecule has 0 spiro atoms. The summed E-state index contributed by atoms with van der Waals surface area (Å²) in [7, 11) is 0. The molecule has 0 fully saturated rings. The Bertz CT molecular complexity index is 936. The number of aliphatic imine (C=N–C) groups is 1. The van der Waals surface area contributed by atoms with Crippen LogP contribution in [0.15, 0.2) is 45.6 Å². The van der Waals surface area contributed by atoms with Crippen molar-refractivity contribution in [1.82, 2.24) is 5.32 Å². The number of carbonyl (C=O) groups is 2. The van der Waals surface area contributed by atoms with Crippen LogP contribution < -0.4 is 5.32 Å². The summed E-state index contributed by atoms with van der Waals surface area (Å²) in [6.45, 7) is 2.24. The monoisotopic (exact) mass is 430 g/mol. The van der Waals surface area contributed by atoms with E-state index in [9.17, 15) is 24.8 Å². The number of amides is 1. The van der Waals surface area contributed by atoms with Gasteiger partial charge in [0.1, 0.15) is 0 Å². The second-order valence-electron chi connectivity index (χ2n) is 6.57. The number of non-ortho nitro benzene ring substituents is 1. The van der Waals surface area contributed by atoms with Crippen molar-refractivity contribution < 1.29 is 24.4 Å². The minimum absolute atomic E-state index is 0.0551. The lowest BCUT2D eigenvalue weighted by Crippen LogP contribution is -2.45. The molecule has 0 saturated heterocycles. The molecular weight excluding hydrogens is 408 g/mol. The summed E-state index contributed by atoms with van der Waals surface area (Å²) in [5.74, 6) is -2.04. The van der Waals surface area contributed by atoms with Gasteiger partial charge in [-0.05, 0) is 23.9 Å². The Kier molecular flexibility index (Phi) is 8.67. The lowest BCUT2D eigenvalue weighted by Gasteiger charge is -2.33. The smallest absolute Gasteiger partial charge is 0.334 e. The van der Waals surface area contributed by atoms with Gasteiger partial charge in [-0.2, -0.15) is 0 Å². The van der Waals surface area contributed by atoms with Crippen molar-refractivity contribution in [2.24, 2.45) is 10.1 Å². The van der Waals surface area contributed by atoms with Gasteiger partial charge in [-0.3, -0.25) is 19.9 Å². The van der Waals surface area contributed by atoms with E-state index in [1.165, 1.54) is 24.3 Å². The van der Waals surface area contributed by atoms with Crippen LogP contribution in [0.5, 0.6) is 0 Å². The molecule has 1 aromatic rings. The number of nitrogens with one attached hydrogen (secondary N) is 1. The number of carbonyl (C=O) groups excluding carboxylic acids is 1. The van der Waals surface area contributed by atoms with Crippen LogP contribution >= 0.6 is 0 Å². The topological polar surface area (TPSA) is 180 Å². The molecule has 1 aromatic carbocycles. The van der Waals surface area contributed by atoms with Gasteiger partial charge in [-0.1, -0.05) is 24.2 Å². The van der Waals surface area contributed by atoms with Crippen LogP contribution in [0.25, 0.3) is 10.4 Å². The fourth-order valence-electron chi connectivity index (χ4n) is 3.39. The summed E-state index contributed by atoms with van der Waals surface area (Å²) in [6.07, 6.45) is 1.39. The molecule has 2 rings (SSSR count). The van der Waals surface area contributed by atoms with Gasteiger partial charge < -0.3 is 15.2 Å². The number of nitrogens with zero attached hydrogens (tertiary/aromatic N) is 5. The highest BCUT2D eigenvalue weighted by atomic mass is 16.6. The van der Waals surface area contributed by atoms with Crippen LogP contribution in [-0.2, 0) is 14.3 Å². The zero-order valence-corrected chi connectivity index (χ0v) is 16.8. The molecule has 0 radical (unpaired) electrons. The maximum atomic E-state index is 12.2. The Hall–Kier alpha value is -3.76. The number of carboxylic acid groups (broad SMARTS) is 1. The van der Waals surface area contributed by atoms with E-state index in [1.807, 2.05) is 6.92 Å². The van der Waals surface area contributed by atoms with Crippen LogP contribution in [0, 0.1) is 10.1 Å². The summed E-state index contributed by atoms with van der Waals surface area (Å²) in [6, 6.07) is 4.81. The van der Waals surface area contributed by atoms with Gasteiger partial charge in [0.05, 0.1) is 28.8 Å². The molecule has 0 saturated carbocycles. The molecule has 2 N–H and O–H groups in total. The molecule has 1 aliphatic rings. The van der Waals surface area contributed by atoms with E-state index < -0.39 is 22.9 Å². The summed E-state index contributed by atoms with van der Waals surface area (Å²) in [5.41, 5.74) is 9.37. The van der Waals surface area contributed by atoms with Crippen molar-refractivity contribution in [2.75, 3.05) is 19.8 Å². The van der Waals surface area contributed by atoms with Gasteiger partial charge in [0, 0.05) is 41.8 Å².